The van der Waals surface area contributed by atoms with E-state index in [0.29, 0.717) is 17.7 Å². The highest BCUT2D eigenvalue weighted by Gasteiger charge is 2.19. The number of H-pyrrole nitrogens is 1. The zero-order valence-electron chi connectivity index (χ0n) is 18.2. The fraction of sp³-hybridized carbons (Fsp3) is 0.333. The maximum absolute atomic E-state index is 13.0. The van der Waals surface area contributed by atoms with Crippen molar-refractivity contribution in [3.05, 3.63) is 64.8 Å². The number of aromatic amines is 1. The number of benzene rings is 2. The number of nitrogens with one attached hydrogen (secondary N) is 2. The summed E-state index contributed by atoms with van der Waals surface area (Å²) in [6, 6.07) is 13.0. The second kappa shape index (κ2) is 9.03. The molecule has 0 aliphatic rings. The molecule has 1 atom stereocenters. The number of amides is 2. The fourth-order valence-electron chi connectivity index (χ4n) is 3.41. The number of carbonyl (C=O) groups excluding carboxylic acids is 2. The van der Waals surface area contributed by atoms with Crippen LogP contribution in [0, 0.1) is 13.8 Å². The molecule has 3 rings (SSSR count). The van der Waals surface area contributed by atoms with Crippen LogP contribution in [0.1, 0.15) is 46.6 Å². The van der Waals surface area contributed by atoms with Gasteiger partial charge in [0, 0.05) is 41.8 Å². The van der Waals surface area contributed by atoms with Gasteiger partial charge in [0.1, 0.15) is 5.75 Å². The van der Waals surface area contributed by atoms with E-state index in [4.69, 9.17) is 4.74 Å². The van der Waals surface area contributed by atoms with E-state index in [2.05, 4.69) is 10.3 Å². The SMILES string of the molecule is CCC(NC(=O)c1ccc2[nH]c(C)c(C)c2c1)c1ccccc1OCC(=O)N(C)C. The van der Waals surface area contributed by atoms with E-state index >= 15 is 0 Å². The molecule has 2 N–H and O–H groups in total. The molecule has 6 nitrogen and oxygen atoms in total. The summed E-state index contributed by atoms with van der Waals surface area (Å²) >= 11 is 0. The number of aryl methyl sites for hydroxylation is 2. The Hall–Kier alpha value is -3.28. The van der Waals surface area contributed by atoms with Crippen molar-refractivity contribution in [3.8, 4) is 5.75 Å². The van der Waals surface area contributed by atoms with E-state index < -0.39 is 0 Å². The van der Waals surface area contributed by atoms with E-state index in [-0.39, 0.29) is 24.5 Å². The molecule has 0 saturated carbocycles. The van der Waals surface area contributed by atoms with Gasteiger partial charge in [0.05, 0.1) is 6.04 Å². The third kappa shape index (κ3) is 4.48. The van der Waals surface area contributed by atoms with Gasteiger partial charge in [0.2, 0.25) is 0 Å². The first-order chi connectivity index (χ1) is 14.3. The minimum Gasteiger partial charge on any atom is -0.483 e. The smallest absolute Gasteiger partial charge is 0.259 e. The number of aromatic nitrogens is 1. The summed E-state index contributed by atoms with van der Waals surface area (Å²) in [5, 5.41) is 4.17. The average molecular weight is 408 g/mol. The van der Waals surface area contributed by atoms with Crippen LogP contribution in [0.3, 0.4) is 0 Å². The summed E-state index contributed by atoms with van der Waals surface area (Å²) in [5.74, 6) is 0.348. The average Bonchev–Trinajstić information content (AvgIpc) is 3.03. The second-order valence-electron chi connectivity index (χ2n) is 7.68. The molecule has 158 valence electrons. The van der Waals surface area contributed by atoms with Crippen molar-refractivity contribution >= 4 is 22.7 Å². The Kier molecular flexibility index (Phi) is 6.45. The molecular weight excluding hydrogens is 378 g/mol. The van der Waals surface area contributed by atoms with E-state index in [0.717, 1.165) is 27.7 Å². The molecule has 0 fully saturated rings. The maximum Gasteiger partial charge on any atom is 0.259 e. The van der Waals surface area contributed by atoms with Gasteiger partial charge in [-0.3, -0.25) is 9.59 Å². The van der Waals surface area contributed by atoms with E-state index in [1.165, 1.54) is 4.90 Å². The monoisotopic (exact) mass is 407 g/mol. The predicted molar refractivity (Wildman–Crippen MR) is 119 cm³/mol. The van der Waals surface area contributed by atoms with Crippen molar-refractivity contribution in [2.75, 3.05) is 20.7 Å². The normalized spacial score (nSPS) is 11.9. The summed E-state index contributed by atoms with van der Waals surface area (Å²) < 4.78 is 5.76. The molecule has 0 bridgehead atoms. The molecule has 0 radical (unpaired) electrons. The zero-order valence-corrected chi connectivity index (χ0v) is 18.2. The summed E-state index contributed by atoms with van der Waals surface area (Å²) in [4.78, 5) is 29.7. The van der Waals surface area contributed by atoms with E-state index in [1.54, 1.807) is 14.1 Å². The lowest BCUT2D eigenvalue weighted by Gasteiger charge is -2.21. The fourth-order valence-corrected chi connectivity index (χ4v) is 3.41. The van der Waals surface area contributed by atoms with Crippen molar-refractivity contribution in [3.63, 3.8) is 0 Å². The van der Waals surface area contributed by atoms with Crippen LogP contribution in [-0.2, 0) is 4.79 Å². The number of hydrogen-bond donors (Lipinski definition) is 2. The topological polar surface area (TPSA) is 74.4 Å². The Morgan fingerprint density at radius 1 is 1.13 bits per heavy atom. The number of fused-ring (bicyclic) bond motifs is 1. The van der Waals surface area contributed by atoms with Crippen LogP contribution in [0.15, 0.2) is 42.5 Å². The molecular formula is C24H29N3O3. The standard InChI is InChI=1S/C24H29N3O3/c1-6-20(18-9-7-8-10-22(18)30-14-23(28)27(4)5)26-24(29)17-11-12-21-19(13-17)15(2)16(3)25-21/h7-13,20,25H,6,14H2,1-5H3,(H,26,29). The van der Waals surface area contributed by atoms with Crippen LogP contribution in [0.2, 0.25) is 0 Å². The van der Waals surface area contributed by atoms with Crippen molar-refractivity contribution in [2.45, 2.75) is 33.2 Å². The van der Waals surface area contributed by atoms with Crippen LogP contribution < -0.4 is 10.1 Å². The molecule has 3 aromatic rings. The van der Waals surface area contributed by atoms with E-state index in [1.807, 2.05) is 63.2 Å². The second-order valence-corrected chi connectivity index (χ2v) is 7.68. The number of hydrogen-bond acceptors (Lipinski definition) is 3. The summed E-state index contributed by atoms with van der Waals surface area (Å²) in [7, 11) is 3.38. The number of ether oxygens (including phenoxy) is 1. The molecule has 0 spiro atoms. The number of rotatable bonds is 7. The molecule has 2 aromatic carbocycles. The molecule has 1 aromatic heterocycles. The largest absolute Gasteiger partial charge is 0.483 e. The molecule has 30 heavy (non-hydrogen) atoms. The number of nitrogens with zero attached hydrogens (tertiary/aromatic N) is 1. The van der Waals surface area contributed by atoms with Gasteiger partial charge in [-0.05, 0) is 50.1 Å². The third-order valence-electron chi connectivity index (χ3n) is 5.43. The first kappa shape index (κ1) is 21.4. The van der Waals surface area contributed by atoms with Gasteiger partial charge in [0.25, 0.3) is 11.8 Å². The Labute approximate surface area is 177 Å². The molecule has 0 saturated heterocycles. The number of para-hydroxylation sites is 1. The summed E-state index contributed by atoms with van der Waals surface area (Å²) in [6.45, 7) is 6.04. The predicted octanol–water partition coefficient (Wildman–Crippen LogP) is 4.13. The van der Waals surface area contributed by atoms with Crippen LogP contribution >= 0.6 is 0 Å². The van der Waals surface area contributed by atoms with Gasteiger partial charge < -0.3 is 19.9 Å². The first-order valence-corrected chi connectivity index (χ1v) is 10.1. The summed E-state index contributed by atoms with van der Waals surface area (Å²) in [6.07, 6.45) is 0.693. The van der Waals surface area contributed by atoms with Gasteiger partial charge in [-0.25, -0.2) is 0 Å². The zero-order chi connectivity index (χ0) is 21.8. The molecule has 0 aliphatic heterocycles. The Morgan fingerprint density at radius 3 is 2.57 bits per heavy atom. The number of carbonyl (C=O) groups is 2. The molecule has 2 amide bonds. The van der Waals surface area contributed by atoms with Crippen LogP contribution in [0.25, 0.3) is 10.9 Å². The van der Waals surface area contributed by atoms with Gasteiger partial charge in [0.15, 0.2) is 6.61 Å². The van der Waals surface area contributed by atoms with Crippen molar-refractivity contribution in [2.24, 2.45) is 0 Å². The van der Waals surface area contributed by atoms with Gasteiger partial charge in [-0.2, -0.15) is 0 Å². The third-order valence-corrected chi connectivity index (χ3v) is 5.43. The van der Waals surface area contributed by atoms with Crippen molar-refractivity contribution < 1.29 is 14.3 Å². The molecule has 1 heterocycles. The highest BCUT2D eigenvalue weighted by atomic mass is 16.5. The minimum atomic E-state index is -0.229. The Balaban J connectivity index is 1.81. The quantitative estimate of drug-likeness (QED) is 0.618. The van der Waals surface area contributed by atoms with Crippen molar-refractivity contribution in [1.82, 2.24) is 15.2 Å². The van der Waals surface area contributed by atoms with Crippen molar-refractivity contribution in [1.29, 1.82) is 0 Å². The van der Waals surface area contributed by atoms with Gasteiger partial charge in [-0.1, -0.05) is 25.1 Å². The van der Waals surface area contributed by atoms with E-state index in [9.17, 15) is 9.59 Å². The lowest BCUT2D eigenvalue weighted by Crippen LogP contribution is -2.30. The molecule has 0 aliphatic carbocycles. The highest BCUT2D eigenvalue weighted by Crippen LogP contribution is 2.28. The Bertz CT molecular complexity index is 1070. The summed E-state index contributed by atoms with van der Waals surface area (Å²) in [5.41, 5.74) is 4.75. The van der Waals surface area contributed by atoms with Crippen LogP contribution in [-0.4, -0.2) is 42.4 Å². The first-order valence-electron chi connectivity index (χ1n) is 10.1. The lowest BCUT2D eigenvalue weighted by atomic mass is 10.0. The highest BCUT2D eigenvalue weighted by molar-refractivity contribution is 5.99. The van der Waals surface area contributed by atoms with Gasteiger partial charge >= 0.3 is 0 Å². The Morgan fingerprint density at radius 2 is 1.87 bits per heavy atom. The van der Waals surface area contributed by atoms with Crippen LogP contribution in [0.4, 0.5) is 0 Å². The molecule has 1 unspecified atom stereocenters. The van der Waals surface area contributed by atoms with Crippen LogP contribution in [0.5, 0.6) is 5.75 Å². The minimum absolute atomic E-state index is 0.0445. The lowest BCUT2D eigenvalue weighted by molar-refractivity contribution is -0.130. The molecule has 6 heteroatoms. The maximum atomic E-state index is 13.0. The number of likely N-dealkylation sites (N-methyl/N-ethyl adjacent to an activating group) is 1. The van der Waals surface area contributed by atoms with Gasteiger partial charge in [-0.15, -0.1) is 0 Å².